The molecule has 2 aromatic rings. The number of aryl methyl sites for hydroxylation is 1. The number of furan rings is 1. The lowest BCUT2D eigenvalue weighted by atomic mass is 9.98. The van der Waals surface area contributed by atoms with Gasteiger partial charge in [-0.1, -0.05) is 31.5 Å². The predicted molar refractivity (Wildman–Crippen MR) is 81.6 cm³/mol. The van der Waals surface area contributed by atoms with Crippen molar-refractivity contribution in [1.82, 2.24) is 5.32 Å². The molecule has 0 aliphatic heterocycles. The van der Waals surface area contributed by atoms with E-state index in [4.69, 9.17) is 20.8 Å². The smallest absolute Gasteiger partial charge is 0.137 e. The molecule has 1 unspecified atom stereocenters. The quantitative estimate of drug-likeness (QED) is 0.866. The highest BCUT2D eigenvalue weighted by Crippen LogP contribution is 2.32. The standard InChI is InChI=1S/C16H20ClNO2/c1-4-14-12(8-9-20-14)16(18-5-2)11-6-7-15(19-3)13(17)10-11/h6-10,16,18H,4-5H2,1-3H3. The first kappa shape index (κ1) is 14.9. The summed E-state index contributed by atoms with van der Waals surface area (Å²) in [5.74, 6) is 1.69. The lowest BCUT2D eigenvalue weighted by Crippen LogP contribution is -2.22. The van der Waals surface area contributed by atoms with Crippen molar-refractivity contribution >= 4 is 11.6 Å². The monoisotopic (exact) mass is 293 g/mol. The first-order valence-electron chi connectivity index (χ1n) is 6.84. The first-order valence-corrected chi connectivity index (χ1v) is 7.22. The van der Waals surface area contributed by atoms with E-state index in [1.807, 2.05) is 24.3 Å². The minimum absolute atomic E-state index is 0.0807. The summed E-state index contributed by atoms with van der Waals surface area (Å²) in [6, 6.07) is 7.97. The lowest BCUT2D eigenvalue weighted by molar-refractivity contribution is 0.414. The van der Waals surface area contributed by atoms with Crippen LogP contribution < -0.4 is 10.1 Å². The third-order valence-electron chi connectivity index (χ3n) is 3.33. The Morgan fingerprint density at radius 3 is 2.70 bits per heavy atom. The molecule has 1 heterocycles. The molecule has 0 saturated carbocycles. The molecule has 0 amide bonds. The van der Waals surface area contributed by atoms with E-state index in [0.29, 0.717) is 10.8 Å². The van der Waals surface area contributed by atoms with Crippen LogP contribution in [0.25, 0.3) is 0 Å². The molecule has 1 aromatic heterocycles. The van der Waals surface area contributed by atoms with Gasteiger partial charge in [-0.3, -0.25) is 0 Å². The van der Waals surface area contributed by atoms with Gasteiger partial charge in [0.15, 0.2) is 0 Å². The van der Waals surface area contributed by atoms with Crippen LogP contribution in [0.3, 0.4) is 0 Å². The molecule has 1 N–H and O–H groups in total. The fourth-order valence-corrected chi connectivity index (χ4v) is 2.63. The minimum Gasteiger partial charge on any atom is -0.495 e. The van der Waals surface area contributed by atoms with Gasteiger partial charge in [0.1, 0.15) is 11.5 Å². The molecule has 0 saturated heterocycles. The number of hydrogen-bond donors (Lipinski definition) is 1. The van der Waals surface area contributed by atoms with Gasteiger partial charge in [-0.2, -0.15) is 0 Å². The third kappa shape index (κ3) is 3.00. The van der Waals surface area contributed by atoms with E-state index in [2.05, 4.69) is 19.2 Å². The summed E-state index contributed by atoms with van der Waals surface area (Å²) in [5.41, 5.74) is 2.27. The SMILES string of the molecule is CCNC(c1ccc(OC)c(Cl)c1)c1ccoc1CC. The average molecular weight is 294 g/mol. The molecule has 1 aromatic carbocycles. The molecule has 0 fully saturated rings. The van der Waals surface area contributed by atoms with Crippen molar-refractivity contribution in [3.8, 4) is 5.75 Å². The number of nitrogens with one attached hydrogen (secondary N) is 1. The Morgan fingerprint density at radius 2 is 2.10 bits per heavy atom. The molecule has 20 heavy (non-hydrogen) atoms. The Labute approximate surface area is 124 Å². The molecule has 3 nitrogen and oxygen atoms in total. The van der Waals surface area contributed by atoms with E-state index in [1.165, 1.54) is 0 Å². The maximum atomic E-state index is 6.23. The van der Waals surface area contributed by atoms with Crippen molar-refractivity contribution < 1.29 is 9.15 Å². The summed E-state index contributed by atoms with van der Waals surface area (Å²) >= 11 is 6.23. The van der Waals surface area contributed by atoms with Crippen molar-refractivity contribution in [2.24, 2.45) is 0 Å². The van der Waals surface area contributed by atoms with E-state index in [0.717, 1.165) is 29.9 Å². The van der Waals surface area contributed by atoms with Crippen LogP contribution in [0.4, 0.5) is 0 Å². The zero-order chi connectivity index (χ0) is 14.5. The van der Waals surface area contributed by atoms with Crippen LogP contribution in [0.15, 0.2) is 34.9 Å². The molecule has 2 rings (SSSR count). The number of hydrogen-bond acceptors (Lipinski definition) is 3. The van der Waals surface area contributed by atoms with Gasteiger partial charge < -0.3 is 14.5 Å². The number of ether oxygens (including phenoxy) is 1. The fraction of sp³-hybridized carbons (Fsp3) is 0.375. The zero-order valence-corrected chi connectivity index (χ0v) is 12.8. The molecule has 4 heteroatoms. The number of methoxy groups -OCH3 is 1. The summed E-state index contributed by atoms with van der Waals surface area (Å²) in [7, 11) is 1.62. The van der Waals surface area contributed by atoms with Crippen molar-refractivity contribution in [2.75, 3.05) is 13.7 Å². The Hall–Kier alpha value is -1.45. The molecule has 0 aliphatic rings. The summed E-state index contributed by atoms with van der Waals surface area (Å²) in [6.45, 7) is 5.04. The number of benzene rings is 1. The van der Waals surface area contributed by atoms with Gasteiger partial charge in [0.05, 0.1) is 24.4 Å². The van der Waals surface area contributed by atoms with Crippen LogP contribution in [0, 0.1) is 0 Å². The van der Waals surface area contributed by atoms with Gasteiger partial charge >= 0.3 is 0 Å². The highest BCUT2D eigenvalue weighted by Gasteiger charge is 2.19. The second-order valence-electron chi connectivity index (χ2n) is 4.54. The largest absolute Gasteiger partial charge is 0.495 e. The van der Waals surface area contributed by atoms with Crippen LogP contribution in [0.1, 0.15) is 36.8 Å². The van der Waals surface area contributed by atoms with Crippen molar-refractivity contribution in [3.05, 3.63) is 52.4 Å². The predicted octanol–water partition coefficient (Wildman–Crippen LogP) is 4.20. The molecule has 108 valence electrons. The Kier molecular flexibility index (Phi) is 5.10. The van der Waals surface area contributed by atoms with Gasteiger partial charge in [0.2, 0.25) is 0 Å². The summed E-state index contributed by atoms with van der Waals surface area (Å²) in [5, 5.41) is 4.10. The van der Waals surface area contributed by atoms with Crippen LogP contribution in [-0.4, -0.2) is 13.7 Å². The van der Waals surface area contributed by atoms with E-state index < -0.39 is 0 Å². The van der Waals surface area contributed by atoms with Crippen LogP contribution >= 0.6 is 11.6 Å². The van der Waals surface area contributed by atoms with E-state index >= 15 is 0 Å². The van der Waals surface area contributed by atoms with E-state index in [1.54, 1.807) is 13.4 Å². The average Bonchev–Trinajstić information content (AvgIpc) is 2.92. The molecule has 0 aliphatic carbocycles. The minimum atomic E-state index is 0.0807. The molecule has 1 atom stereocenters. The molecule has 0 spiro atoms. The van der Waals surface area contributed by atoms with E-state index in [-0.39, 0.29) is 6.04 Å². The van der Waals surface area contributed by atoms with Gasteiger partial charge in [0.25, 0.3) is 0 Å². The highest BCUT2D eigenvalue weighted by atomic mass is 35.5. The van der Waals surface area contributed by atoms with Crippen molar-refractivity contribution in [2.45, 2.75) is 26.3 Å². The highest BCUT2D eigenvalue weighted by molar-refractivity contribution is 6.32. The van der Waals surface area contributed by atoms with Crippen LogP contribution in [0.5, 0.6) is 5.75 Å². The Balaban J connectivity index is 2.40. The van der Waals surface area contributed by atoms with Gasteiger partial charge in [-0.25, -0.2) is 0 Å². The molecular formula is C16H20ClNO2. The van der Waals surface area contributed by atoms with Gasteiger partial charge in [-0.05, 0) is 30.3 Å². The molecular weight excluding hydrogens is 274 g/mol. The maximum Gasteiger partial charge on any atom is 0.137 e. The lowest BCUT2D eigenvalue weighted by Gasteiger charge is -2.19. The normalized spacial score (nSPS) is 12.4. The summed E-state index contributed by atoms with van der Waals surface area (Å²) in [6.07, 6.45) is 2.61. The summed E-state index contributed by atoms with van der Waals surface area (Å²) in [4.78, 5) is 0. The van der Waals surface area contributed by atoms with Gasteiger partial charge in [-0.15, -0.1) is 0 Å². The third-order valence-corrected chi connectivity index (χ3v) is 3.62. The molecule has 0 radical (unpaired) electrons. The number of rotatable bonds is 6. The van der Waals surface area contributed by atoms with E-state index in [9.17, 15) is 0 Å². The van der Waals surface area contributed by atoms with Gasteiger partial charge in [0, 0.05) is 12.0 Å². The van der Waals surface area contributed by atoms with Crippen LogP contribution in [0.2, 0.25) is 5.02 Å². The second kappa shape index (κ2) is 6.82. The molecule has 0 bridgehead atoms. The summed E-state index contributed by atoms with van der Waals surface area (Å²) < 4.78 is 10.7. The first-order chi connectivity index (χ1) is 9.71. The topological polar surface area (TPSA) is 34.4 Å². The zero-order valence-electron chi connectivity index (χ0n) is 12.1. The van der Waals surface area contributed by atoms with Crippen molar-refractivity contribution in [1.29, 1.82) is 0 Å². The Bertz CT molecular complexity index is 565. The maximum absolute atomic E-state index is 6.23. The fourth-order valence-electron chi connectivity index (χ4n) is 2.37. The van der Waals surface area contributed by atoms with Crippen LogP contribution in [-0.2, 0) is 6.42 Å². The number of halogens is 1. The van der Waals surface area contributed by atoms with Crippen molar-refractivity contribution in [3.63, 3.8) is 0 Å². The Morgan fingerprint density at radius 1 is 1.30 bits per heavy atom. The second-order valence-corrected chi connectivity index (χ2v) is 4.94.